The molecule has 1 saturated heterocycles. The van der Waals surface area contributed by atoms with E-state index in [1.807, 2.05) is 0 Å². The van der Waals surface area contributed by atoms with Crippen molar-refractivity contribution in [3.8, 4) is 11.3 Å². The minimum absolute atomic E-state index is 0.0673. The number of amides is 2. The molecule has 2 amide bonds. The predicted molar refractivity (Wildman–Crippen MR) is 103 cm³/mol. The Balaban J connectivity index is 1.39. The molecule has 3 aliphatic carbocycles. The van der Waals surface area contributed by atoms with Crippen molar-refractivity contribution in [1.29, 1.82) is 0 Å². The number of fused-ring (bicyclic) bond motifs is 1. The highest BCUT2D eigenvalue weighted by molar-refractivity contribution is 6.06. The molecule has 0 unspecified atom stereocenters. The van der Waals surface area contributed by atoms with Crippen molar-refractivity contribution in [3.63, 3.8) is 0 Å². The fourth-order valence-electron chi connectivity index (χ4n) is 4.70. The number of nitro groups is 1. The van der Waals surface area contributed by atoms with Crippen LogP contribution in [-0.4, -0.2) is 28.0 Å². The van der Waals surface area contributed by atoms with Crippen molar-refractivity contribution in [2.75, 3.05) is 0 Å². The van der Waals surface area contributed by atoms with Gasteiger partial charge < -0.3 is 4.42 Å². The van der Waals surface area contributed by atoms with Gasteiger partial charge in [-0.1, -0.05) is 24.3 Å². The minimum Gasteiger partial charge on any atom is -0.455 e. The molecule has 2 fully saturated rings. The van der Waals surface area contributed by atoms with Crippen LogP contribution in [0.4, 0.5) is 5.69 Å². The molecule has 2 aromatic rings. The number of allylic oxidation sites excluding steroid dienone is 2. The zero-order valence-corrected chi connectivity index (χ0v) is 15.3. The van der Waals surface area contributed by atoms with Crippen LogP contribution >= 0.6 is 0 Å². The van der Waals surface area contributed by atoms with Gasteiger partial charge in [0.2, 0.25) is 0 Å². The molecule has 1 aliphatic heterocycles. The highest BCUT2D eigenvalue weighted by Crippen LogP contribution is 2.49. The molecule has 0 N–H and O–H groups in total. The van der Waals surface area contributed by atoms with Crippen LogP contribution in [0, 0.1) is 33.8 Å². The number of carbonyl (C=O) groups is 2. The normalized spacial score (nSPS) is 27.8. The van der Waals surface area contributed by atoms with Crippen LogP contribution in [0.15, 0.2) is 58.1 Å². The first-order chi connectivity index (χ1) is 14.0. The summed E-state index contributed by atoms with van der Waals surface area (Å²) in [5.74, 6) is -0.332. The number of benzene rings is 1. The zero-order valence-electron chi connectivity index (χ0n) is 15.3. The maximum absolute atomic E-state index is 12.8. The van der Waals surface area contributed by atoms with Gasteiger partial charge in [0, 0.05) is 6.07 Å². The lowest BCUT2D eigenvalue weighted by atomic mass is 9.63. The van der Waals surface area contributed by atoms with Crippen molar-refractivity contribution >= 4 is 23.7 Å². The quantitative estimate of drug-likeness (QED) is 0.261. The van der Waals surface area contributed by atoms with E-state index >= 15 is 0 Å². The molecule has 6 rings (SSSR count). The third-order valence-electron chi connectivity index (χ3n) is 6.03. The second kappa shape index (κ2) is 6.51. The predicted octanol–water partition coefficient (Wildman–Crippen LogP) is 3.39. The number of furan rings is 1. The number of hydrogen-bond acceptors (Lipinski definition) is 6. The van der Waals surface area contributed by atoms with Crippen LogP contribution in [0.25, 0.3) is 11.3 Å². The van der Waals surface area contributed by atoms with E-state index in [1.54, 1.807) is 30.3 Å². The maximum atomic E-state index is 12.8. The van der Waals surface area contributed by atoms with Crippen LogP contribution in [0.2, 0.25) is 0 Å². The Morgan fingerprint density at radius 2 is 1.69 bits per heavy atom. The largest absolute Gasteiger partial charge is 0.455 e. The first-order valence-electron chi connectivity index (χ1n) is 9.48. The van der Waals surface area contributed by atoms with Gasteiger partial charge in [-0.05, 0) is 42.9 Å². The number of hydrogen-bond donors (Lipinski definition) is 0. The summed E-state index contributed by atoms with van der Waals surface area (Å²) < 4.78 is 5.65. The van der Waals surface area contributed by atoms with Crippen molar-refractivity contribution in [2.45, 2.75) is 12.8 Å². The molecule has 1 aromatic heterocycles. The van der Waals surface area contributed by atoms with E-state index in [1.165, 1.54) is 12.3 Å². The Kier molecular flexibility index (Phi) is 3.94. The number of para-hydroxylation sites is 1. The molecule has 8 nitrogen and oxygen atoms in total. The van der Waals surface area contributed by atoms with Crippen LogP contribution in [0.3, 0.4) is 0 Å². The van der Waals surface area contributed by atoms with Crippen LogP contribution < -0.4 is 0 Å². The SMILES string of the molecule is O=C1[C@@H]2[C@@H](C(=O)N1/N=C\c1ccc(-c3ccccc3[N+](=O)[O-])o1)[C@H]1C=C[C@@H]2CC1. The Bertz CT molecular complexity index is 1050. The number of carbonyl (C=O) groups excluding carboxylic acids is 2. The van der Waals surface area contributed by atoms with Gasteiger partial charge in [-0.15, -0.1) is 0 Å². The number of rotatable bonds is 4. The second-order valence-electron chi connectivity index (χ2n) is 7.55. The van der Waals surface area contributed by atoms with E-state index in [0.29, 0.717) is 17.1 Å². The summed E-state index contributed by atoms with van der Waals surface area (Å²) >= 11 is 0. The lowest BCUT2D eigenvalue weighted by Crippen LogP contribution is -2.38. The van der Waals surface area contributed by atoms with E-state index < -0.39 is 4.92 Å². The number of hydrazone groups is 1. The smallest absolute Gasteiger partial charge is 0.280 e. The van der Waals surface area contributed by atoms with Crippen molar-refractivity contribution in [1.82, 2.24) is 5.01 Å². The number of imide groups is 1. The monoisotopic (exact) mass is 391 g/mol. The van der Waals surface area contributed by atoms with Crippen molar-refractivity contribution in [2.24, 2.45) is 28.8 Å². The van der Waals surface area contributed by atoms with Crippen molar-refractivity contribution < 1.29 is 18.9 Å². The third kappa shape index (κ3) is 2.71. The van der Waals surface area contributed by atoms with Gasteiger partial charge >= 0.3 is 0 Å². The molecule has 8 heteroatoms. The van der Waals surface area contributed by atoms with Crippen LogP contribution in [0.5, 0.6) is 0 Å². The summed E-state index contributed by atoms with van der Waals surface area (Å²) in [5.41, 5.74) is 0.279. The first kappa shape index (κ1) is 17.5. The molecular formula is C21H17N3O5. The minimum atomic E-state index is -0.475. The van der Waals surface area contributed by atoms with E-state index in [9.17, 15) is 19.7 Å². The highest BCUT2D eigenvalue weighted by atomic mass is 16.6. The molecule has 146 valence electrons. The molecule has 2 bridgehead atoms. The highest BCUT2D eigenvalue weighted by Gasteiger charge is 2.56. The standard InChI is InChI=1S/C21H17N3O5/c25-20-18-12-5-6-13(8-7-12)19(18)21(26)23(20)22-11-14-9-10-17(29-14)15-3-1-2-4-16(15)24(27)28/h1-6,9-13,18-19H,7-8H2/b22-11-/t12-,13+,18-,19-/m0/s1. The Morgan fingerprint density at radius 3 is 2.31 bits per heavy atom. The van der Waals surface area contributed by atoms with Gasteiger partial charge in [-0.25, -0.2) is 0 Å². The van der Waals surface area contributed by atoms with Crippen LogP contribution in [-0.2, 0) is 9.59 Å². The molecule has 1 saturated carbocycles. The number of nitrogens with zero attached hydrogens (tertiary/aromatic N) is 3. The molecule has 29 heavy (non-hydrogen) atoms. The fraction of sp³-hybridized carbons (Fsp3) is 0.286. The zero-order chi connectivity index (χ0) is 20.1. The Hall–Kier alpha value is -3.55. The summed E-state index contributed by atoms with van der Waals surface area (Å²) in [6.07, 6.45) is 7.27. The van der Waals surface area contributed by atoms with Gasteiger partial charge in [0.1, 0.15) is 11.5 Å². The summed E-state index contributed by atoms with van der Waals surface area (Å²) in [7, 11) is 0. The maximum Gasteiger partial charge on any atom is 0.280 e. The van der Waals surface area contributed by atoms with E-state index in [4.69, 9.17) is 4.42 Å². The van der Waals surface area contributed by atoms with E-state index in [0.717, 1.165) is 17.9 Å². The first-order valence-corrected chi connectivity index (χ1v) is 9.48. The van der Waals surface area contributed by atoms with Gasteiger partial charge in [0.25, 0.3) is 17.5 Å². The summed E-state index contributed by atoms with van der Waals surface area (Å²) in [6.45, 7) is 0. The van der Waals surface area contributed by atoms with Gasteiger partial charge in [-0.3, -0.25) is 19.7 Å². The van der Waals surface area contributed by atoms with Crippen LogP contribution in [0.1, 0.15) is 18.6 Å². The molecule has 2 heterocycles. The number of nitro benzene ring substituents is 1. The van der Waals surface area contributed by atoms with E-state index in [-0.39, 0.29) is 41.2 Å². The average Bonchev–Trinajstić information content (AvgIpc) is 3.32. The lowest BCUT2D eigenvalue weighted by Gasteiger charge is -2.37. The van der Waals surface area contributed by atoms with Crippen molar-refractivity contribution in [3.05, 3.63) is 64.4 Å². The molecule has 0 spiro atoms. The lowest BCUT2D eigenvalue weighted by molar-refractivity contribution is -0.384. The molecule has 0 radical (unpaired) electrons. The fourth-order valence-corrected chi connectivity index (χ4v) is 4.70. The summed E-state index contributed by atoms with van der Waals surface area (Å²) in [6, 6.07) is 9.46. The Labute approximate surface area is 165 Å². The third-order valence-corrected chi connectivity index (χ3v) is 6.03. The van der Waals surface area contributed by atoms with Gasteiger partial charge in [0.05, 0.1) is 28.5 Å². The molecule has 1 aromatic carbocycles. The van der Waals surface area contributed by atoms with Gasteiger partial charge in [0.15, 0.2) is 0 Å². The Morgan fingerprint density at radius 1 is 1.03 bits per heavy atom. The van der Waals surface area contributed by atoms with Gasteiger partial charge in [-0.2, -0.15) is 10.1 Å². The molecular weight excluding hydrogens is 374 g/mol. The topological polar surface area (TPSA) is 106 Å². The average molecular weight is 391 g/mol. The molecule has 4 atom stereocenters. The summed E-state index contributed by atoms with van der Waals surface area (Å²) in [5, 5.41) is 16.3. The summed E-state index contributed by atoms with van der Waals surface area (Å²) in [4.78, 5) is 36.3. The van der Waals surface area contributed by atoms with E-state index in [2.05, 4.69) is 17.3 Å². The second-order valence-corrected chi connectivity index (χ2v) is 7.55. The molecule has 4 aliphatic rings.